The summed E-state index contributed by atoms with van der Waals surface area (Å²) in [5.41, 5.74) is 0.295. The van der Waals surface area contributed by atoms with Crippen molar-refractivity contribution in [1.29, 1.82) is 0 Å². The number of nitrogens with zero attached hydrogens (tertiary/aromatic N) is 2. The van der Waals surface area contributed by atoms with Crippen molar-refractivity contribution >= 4 is 12.1 Å². The first-order valence-electron chi connectivity index (χ1n) is 7.66. The van der Waals surface area contributed by atoms with Crippen molar-refractivity contribution in [3.8, 4) is 0 Å². The summed E-state index contributed by atoms with van der Waals surface area (Å²) in [5, 5.41) is 16.0. The first kappa shape index (κ1) is 17.5. The van der Waals surface area contributed by atoms with Crippen molar-refractivity contribution in [3.05, 3.63) is 53.9 Å². The van der Waals surface area contributed by atoms with Gasteiger partial charge in [0.1, 0.15) is 6.61 Å². The predicted octanol–water partition coefficient (Wildman–Crippen LogP) is 2.22. The van der Waals surface area contributed by atoms with Crippen LogP contribution in [0.4, 0.5) is 4.79 Å². The Balaban J connectivity index is 1.98. The van der Waals surface area contributed by atoms with Crippen LogP contribution in [0.3, 0.4) is 0 Å². The lowest BCUT2D eigenvalue weighted by atomic mass is 10.0. The minimum atomic E-state index is -1.52. The molecule has 1 unspecified atom stereocenters. The van der Waals surface area contributed by atoms with E-state index in [1.54, 1.807) is 12.4 Å². The number of aryl methyl sites for hydroxylation is 1. The molecule has 0 radical (unpaired) electrons. The van der Waals surface area contributed by atoms with Gasteiger partial charge in [-0.15, -0.1) is 0 Å². The van der Waals surface area contributed by atoms with Gasteiger partial charge < -0.3 is 15.2 Å². The van der Waals surface area contributed by atoms with E-state index in [1.165, 1.54) is 11.6 Å². The number of benzene rings is 1. The Kier molecular flexibility index (Phi) is 5.57. The number of rotatable bonds is 7. The molecule has 1 heterocycles. The summed E-state index contributed by atoms with van der Waals surface area (Å²) in [6.07, 6.45) is 3.46. The van der Waals surface area contributed by atoms with Gasteiger partial charge in [0.05, 0.1) is 12.7 Å². The number of hydrogen-bond acceptors (Lipinski definition) is 4. The van der Waals surface area contributed by atoms with Gasteiger partial charge in [0, 0.05) is 6.20 Å². The van der Waals surface area contributed by atoms with E-state index in [1.807, 2.05) is 37.3 Å². The molecule has 0 saturated carbocycles. The number of ether oxygens (including phenoxy) is 1. The van der Waals surface area contributed by atoms with Crippen molar-refractivity contribution in [2.75, 3.05) is 0 Å². The van der Waals surface area contributed by atoms with Crippen LogP contribution < -0.4 is 5.32 Å². The average Bonchev–Trinajstić information content (AvgIpc) is 3.01. The number of carboxylic acids is 1. The fourth-order valence-corrected chi connectivity index (χ4v) is 2.14. The van der Waals surface area contributed by atoms with Crippen LogP contribution in [0.1, 0.15) is 25.0 Å². The molecule has 1 aromatic heterocycles. The maximum atomic E-state index is 12.0. The molecule has 24 heavy (non-hydrogen) atoms. The molecular weight excluding hydrogens is 310 g/mol. The van der Waals surface area contributed by atoms with Crippen molar-refractivity contribution < 1.29 is 19.4 Å². The number of carbonyl (C=O) groups is 2. The maximum absolute atomic E-state index is 12.0. The first-order valence-corrected chi connectivity index (χ1v) is 7.66. The lowest BCUT2D eigenvalue weighted by molar-refractivity contribution is -0.144. The molecule has 1 atom stereocenters. The minimum Gasteiger partial charge on any atom is -0.479 e. The van der Waals surface area contributed by atoms with Gasteiger partial charge in [0.15, 0.2) is 5.54 Å². The summed E-state index contributed by atoms with van der Waals surface area (Å²) in [4.78, 5) is 23.6. The van der Waals surface area contributed by atoms with Gasteiger partial charge in [-0.25, -0.2) is 9.59 Å². The molecule has 0 aliphatic carbocycles. The summed E-state index contributed by atoms with van der Waals surface area (Å²) in [6, 6.07) is 9.17. The first-order chi connectivity index (χ1) is 11.4. The Morgan fingerprint density at radius 1 is 1.29 bits per heavy atom. The van der Waals surface area contributed by atoms with Gasteiger partial charge in [0.2, 0.25) is 0 Å². The van der Waals surface area contributed by atoms with E-state index in [4.69, 9.17) is 4.74 Å². The number of aromatic nitrogens is 2. The fourth-order valence-electron chi connectivity index (χ4n) is 2.14. The van der Waals surface area contributed by atoms with E-state index in [2.05, 4.69) is 10.4 Å². The summed E-state index contributed by atoms with van der Waals surface area (Å²) >= 11 is 0. The van der Waals surface area contributed by atoms with E-state index < -0.39 is 17.6 Å². The molecule has 0 aliphatic heterocycles. The molecule has 1 aromatic carbocycles. The van der Waals surface area contributed by atoms with Gasteiger partial charge in [-0.05, 0) is 24.5 Å². The van der Waals surface area contributed by atoms with Crippen molar-refractivity contribution in [1.82, 2.24) is 15.1 Å². The van der Waals surface area contributed by atoms with E-state index in [0.717, 1.165) is 17.5 Å². The topological polar surface area (TPSA) is 93.5 Å². The second-order valence-corrected chi connectivity index (χ2v) is 5.72. The van der Waals surface area contributed by atoms with Crippen LogP contribution in [0.15, 0.2) is 42.7 Å². The van der Waals surface area contributed by atoms with E-state index >= 15 is 0 Å². The van der Waals surface area contributed by atoms with Gasteiger partial charge >= 0.3 is 12.1 Å². The quantitative estimate of drug-likeness (QED) is 0.811. The zero-order valence-corrected chi connectivity index (χ0v) is 13.7. The molecule has 7 nitrogen and oxygen atoms in total. The molecular formula is C17H21N3O4. The summed E-state index contributed by atoms with van der Waals surface area (Å²) in [7, 11) is 0. The zero-order valence-electron chi connectivity index (χ0n) is 13.7. The van der Waals surface area contributed by atoms with Crippen LogP contribution in [0.25, 0.3) is 0 Å². The van der Waals surface area contributed by atoms with Gasteiger partial charge in [-0.1, -0.05) is 37.3 Å². The van der Waals surface area contributed by atoms with Crippen LogP contribution >= 0.6 is 0 Å². The monoisotopic (exact) mass is 331 g/mol. The summed E-state index contributed by atoms with van der Waals surface area (Å²) in [6.45, 7) is 3.48. The van der Waals surface area contributed by atoms with Crippen LogP contribution in [0, 0.1) is 0 Å². The third-order valence-corrected chi connectivity index (χ3v) is 3.64. The Labute approximate surface area is 140 Å². The minimum absolute atomic E-state index is 0.00275. The highest BCUT2D eigenvalue weighted by molar-refractivity contribution is 5.83. The molecule has 0 bridgehead atoms. The Morgan fingerprint density at radius 3 is 2.58 bits per heavy atom. The average molecular weight is 331 g/mol. The second kappa shape index (κ2) is 7.63. The molecule has 0 spiro atoms. The zero-order chi connectivity index (χ0) is 17.6. The van der Waals surface area contributed by atoms with Crippen LogP contribution in [0.2, 0.25) is 0 Å². The molecule has 2 aromatic rings. The highest BCUT2D eigenvalue weighted by Crippen LogP contribution is 2.11. The molecule has 2 rings (SSSR count). The maximum Gasteiger partial charge on any atom is 0.408 e. The number of amides is 1. The molecule has 7 heteroatoms. The van der Waals surface area contributed by atoms with Crippen molar-refractivity contribution in [3.63, 3.8) is 0 Å². The number of alkyl carbamates (subject to hydrolysis) is 1. The SMILES string of the molecule is CCc1cnn(CC(C)(NC(=O)OCc2ccccc2)C(=O)O)c1. The van der Waals surface area contributed by atoms with E-state index in [-0.39, 0.29) is 13.2 Å². The van der Waals surface area contributed by atoms with Crippen LogP contribution in [-0.4, -0.2) is 32.5 Å². The Hall–Kier alpha value is -2.83. The largest absolute Gasteiger partial charge is 0.479 e. The van der Waals surface area contributed by atoms with Gasteiger partial charge in [-0.2, -0.15) is 5.10 Å². The van der Waals surface area contributed by atoms with Crippen LogP contribution in [0.5, 0.6) is 0 Å². The second-order valence-electron chi connectivity index (χ2n) is 5.72. The van der Waals surface area contributed by atoms with Gasteiger partial charge in [0.25, 0.3) is 0 Å². The highest BCUT2D eigenvalue weighted by atomic mass is 16.5. The molecule has 0 fully saturated rings. The number of carbonyl (C=O) groups excluding carboxylic acids is 1. The van der Waals surface area contributed by atoms with E-state index in [9.17, 15) is 14.7 Å². The van der Waals surface area contributed by atoms with Crippen molar-refractivity contribution in [2.24, 2.45) is 0 Å². The smallest absolute Gasteiger partial charge is 0.408 e. The lowest BCUT2D eigenvalue weighted by Gasteiger charge is -2.25. The molecule has 2 N–H and O–H groups in total. The molecule has 1 amide bonds. The number of aliphatic carboxylic acids is 1. The highest BCUT2D eigenvalue weighted by Gasteiger charge is 2.36. The van der Waals surface area contributed by atoms with Crippen molar-refractivity contribution in [2.45, 2.75) is 39.0 Å². The molecule has 0 saturated heterocycles. The standard InChI is InChI=1S/C17H21N3O4/c1-3-13-9-18-20(10-13)12-17(2,15(21)22)19-16(23)24-11-14-7-5-4-6-8-14/h4-10H,3,11-12H2,1-2H3,(H,19,23)(H,21,22). The Morgan fingerprint density at radius 2 is 2.00 bits per heavy atom. The number of carboxylic acid groups (broad SMARTS) is 1. The lowest BCUT2D eigenvalue weighted by Crippen LogP contribution is -2.55. The molecule has 0 aliphatic rings. The number of hydrogen-bond donors (Lipinski definition) is 2. The summed E-state index contributed by atoms with van der Waals surface area (Å²) in [5.74, 6) is -1.16. The normalized spacial score (nSPS) is 13.1. The van der Waals surface area contributed by atoms with Gasteiger partial charge in [-0.3, -0.25) is 4.68 Å². The summed E-state index contributed by atoms with van der Waals surface area (Å²) < 4.78 is 6.60. The Bertz CT molecular complexity index is 699. The number of nitrogens with one attached hydrogen (secondary N) is 1. The third-order valence-electron chi connectivity index (χ3n) is 3.64. The predicted molar refractivity (Wildman–Crippen MR) is 87.4 cm³/mol. The third kappa shape index (κ3) is 4.58. The molecule has 128 valence electrons. The fraction of sp³-hybridized carbons (Fsp3) is 0.353. The van der Waals surface area contributed by atoms with Crippen LogP contribution in [-0.2, 0) is 29.1 Å². The van der Waals surface area contributed by atoms with E-state index in [0.29, 0.717) is 0 Å².